The van der Waals surface area contributed by atoms with Gasteiger partial charge in [-0.1, -0.05) is 146 Å². The number of benzene rings is 9. The molecule has 0 amide bonds. The molecule has 0 bridgehead atoms. The van der Waals surface area contributed by atoms with E-state index in [0.717, 1.165) is 39.0 Å². The predicted octanol–water partition coefficient (Wildman–Crippen LogP) is 12.6. The highest BCUT2D eigenvalue weighted by Crippen LogP contribution is 2.50. The molecule has 0 radical (unpaired) electrons. The topological polar surface area (TPSA) is 21.3 Å². The third-order valence-corrected chi connectivity index (χ3v) is 12.3. The zero-order chi connectivity index (χ0) is 36.5. The molecule has 0 aliphatic carbocycles. The Morgan fingerprint density at radius 1 is 0.446 bits per heavy atom. The summed E-state index contributed by atoms with van der Waals surface area (Å²) in [6, 6.07) is 68.9. The van der Waals surface area contributed by atoms with Gasteiger partial charge < -0.3 is 13.8 Å². The van der Waals surface area contributed by atoms with Gasteiger partial charge >= 0.3 is 6.85 Å². The number of fused-ring (bicyclic) bond motifs is 12. The van der Waals surface area contributed by atoms with Crippen LogP contribution in [0.15, 0.2) is 192 Å². The Balaban J connectivity index is 1.19. The molecule has 11 aromatic rings. The number of furan rings is 1. The Kier molecular flexibility index (Phi) is 5.98. The van der Waals surface area contributed by atoms with Gasteiger partial charge in [0.25, 0.3) is 0 Å². The van der Waals surface area contributed by atoms with Gasteiger partial charge in [-0.05, 0) is 92.0 Å². The predicted molar refractivity (Wildman–Crippen MR) is 236 cm³/mol. The Bertz CT molecular complexity index is 3420. The van der Waals surface area contributed by atoms with E-state index in [2.05, 4.69) is 197 Å². The molecule has 4 heteroatoms. The van der Waals surface area contributed by atoms with Gasteiger partial charge in [-0.2, -0.15) is 0 Å². The average molecular weight is 711 g/mol. The lowest BCUT2D eigenvalue weighted by Crippen LogP contribution is -2.56. The van der Waals surface area contributed by atoms with Crippen molar-refractivity contribution in [1.82, 2.24) is 4.48 Å². The fraction of sp³-hybridized carbons (Fsp3) is 0. The van der Waals surface area contributed by atoms with Crippen molar-refractivity contribution in [3.05, 3.63) is 188 Å². The second-order valence-electron chi connectivity index (χ2n) is 15.2. The van der Waals surface area contributed by atoms with Gasteiger partial charge in [-0.3, -0.25) is 0 Å². The van der Waals surface area contributed by atoms with Crippen LogP contribution in [-0.2, 0) is 0 Å². The van der Waals surface area contributed by atoms with Gasteiger partial charge in [0.15, 0.2) is 5.58 Å². The molecule has 4 heterocycles. The molecule has 0 spiro atoms. The number of hydrogen-bond acceptors (Lipinski definition) is 2. The minimum Gasteiger partial charge on any atom is -0.454 e. The van der Waals surface area contributed by atoms with E-state index in [1.807, 2.05) is 0 Å². The first-order valence-electron chi connectivity index (χ1n) is 19.4. The Hall–Kier alpha value is -7.30. The molecule has 2 aliphatic rings. The van der Waals surface area contributed by atoms with Crippen LogP contribution in [0.3, 0.4) is 0 Å². The molecule has 2 aliphatic heterocycles. The van der Waals surface area contributed by atoms with Gasteiger partial charge in [0.2, 0.25) is 0 Å². The van der Waals surface area contributed by atoms with Crippen molar-refractivity contribution >= 4 is 89.4 Å². The average Bonchev–Trinajstić information content (AvgIpc) is 3.80. The molecule has 9 aromatic carbocycles. The highest BCUT2D eigenvalue weighted by atomic mass is 16.3. The van der Waals surface area contributed by atoms with Gasteiger partial charge in [0, 0.05) is 49.5 Å². The van der Waals surface area contributed by atoms with Crippen LogP contribution in [0.2, 0.25) is 0 Å². The van der Waals surface area contributed by atoms with E-state index < -0.39 is 0 Å². The van der Waals surface area contributed by atoms with Crippen LogP contribution < -0.4 is 15.8 Å². The molecule has 13 rings (SSSR count). The first-order chi connectivity index (χ1) is 27.8. The third-order valence-electron chi connectivity index (χ3n) is 12.3. The van der Waals surface area contributed by atoms with Gasteiger partial charge in [-0.15, -0.1) is 0 Å². The maximum Gasteiger partial charge on any atom is 0.333 e. The first kappa shape index (κ1) is 30.1. The monoisotopic (exact) mass is 710 g/mol. The maximum atomic E-state index is 7.01. The van der Waals surface area contributed by atoms with Crippen molar-refractivity contribution in [2.24, 2.45) is 0 Å². The van der Waals surface area contributed by atoms with Crippen LogP contribution in [0.5, 0.6) is 0 Å². The highest BCUT2D eigenvalue weighted by Gasteiger charge is 2.44. The van der Waals surface area contributed by atoms with E-state index in [1.165, 1.54) is 76.9 Å². The summed E-state index contributed by atoms with van der Waals surface area (Å²) in [4.78, 5) is 2.48. The van der Waals surface area contributed by atoms with Gasteiger partial charge in [-0.25, -0.2) is 0 Å². The summed E-state index contributed by atoms with van der Waals surface area (Å²) >= 11 is 0. The summed E-state index contributed by atoms with van der Waals surface area (Å²) in [6.45, 7) is -0.104. The molecule has 258 valence electrons. The van der Waals surface area contributed by atoms with Crippen molar-refractivity contribution in [1.29, 1.82) is 0 Å². The molecule has 0 N–H and O–H groups in total. The van der Waals surface area contributed by atoms with Gasteiger partial charge in [0.1, 0.15) is 5.58 Å². The lowest BCUT2D eigenvalue weighted by atomic mass is 9.45. The van der Waals surface area contributed by atoms with Crippen LogP contribution in [0.25, 0.3) is 87.9 Å². The molecule has 0 fully saturated rings. The van der Waals surface area contributed by atoms with E-state index in [4.69, 9.17) is 4.42 Å². The van der Waals surface area contributed by atoms with Crippen LogP contribution in [0.1, 0.15) is 0 Å². The second-order valence-corrected chi connectivity index (χ2v) is 15.2. The van der Waals surface area contributed by atoms with E-state index in [1.54, 1.807) is 0 Å². The fourth-order valence-electron chi connectivity index (χ4n) is 9.88. The standard InChI is InChI=1S/C52H31BN2O/c1-3-12-32(13-4-1)34-22-25-38(26-23-34)54-46-27-24-37(33-14-5-2-6-15-33)29-45(46)53-49-43(31-44-39-18-9-10-21-48(39)56-52(44)51(49)54)41-20-11-19-40-42-28-35-16-7-8-17-36(35)30-47(42)55(53)50(40)41/h1-31H. The highest BCUT2D eigenvalue weighted by molar-refractivity contribution is 6.90. The number of aromatic nitrogens is 1. The summed E-state index contributed by atoms with van der Waals surface area (Å²) in [5, 5.41) is 7.33. The molecule has 0 atom stereocenters. The van der Waals surface area contributed by atoms with Crippen molar-refractivity contribution in [3.63, 3.8) is 0 Å². The Morgan fingerprint density at radius 2 is 1.11 bits per heavy atom. The second kappa shape index (κ2) is 11.1. The van der Waals surface area contributed by atoms with E-state index in [-0.39, 0.29) is 6.85 Å². The number of nitrogens with zero attached hydrogens (tertiary/aromatic N) is 2. The van der Waals surface area contributed by atoms with Crippen LogP contribution in [-0.4, -0.2) is 11.3 Å². The fourth-order valence-corrected chi connectivity index (χ4v) is 9.88. The summed E-state index contributed by atoms with van der Waals surface area (Å²) in [5.74, 6) is 0. The molecule has 0 saturated carbocycles. The lowest BCUT2D eigenvalue weighted by Gasteiger charge is -2.40. The molecule has 0 unspecified atom stereocenters. The van der Waals surface area contributed by atoms with Crippen LogP contribution in [0, 0.1) is 0 Å². The van der Waals surface area contributed by atoms with E-state index in [9.17, 15) is 0 Å². The molecular weight excluding hydrogens is 679 g/mol. The smallest absolute Gasteiger partial charge is 0.333 e. The lowest BCUT2D eigenvalue weighted by molar-refractivity contribution is 0.669. The Morgan fingerprint density at radius 3 is 1.91 bits per heavy atom. The van der Waals surface area contributed by atoms with Crippen molar-refractivity contribution < 1.29 is 4.42 Å². The molecule has 3 nitrogen and oxygen atoms in total. The summed E-state index contributed by atoms with van der Waals surface area (Å²) < 4.78 is 9.66. The number of para-hydroxylation sites is 2. The van der Waals surface area contributed by atoms with E-state index in [0.29, 0.717) is 0 Å². The molecule has 0 saturated heterocycles. The Labute approximate surface area is 323 Å². The summed E-state index contributed by atoms with van der Waals surface area (Å²) in [5.41, 5.74) is 17.6. The van der Waals surface area contributed by atoms with E-state index >= 15 is 0 Å². The largest absolute Gasteiger partial charge is 0.454 e. The SMILES string of the molecule is c1ccc(-c2ccc(N3c4ccc(-c5ccccc5)cc4B4c5c(cc6c(oc7ccccc76)c53)-c3cccc5c6cc7ccccc7cc6n4c35)cc2)cc1. The van der Waals surface area contributed by atoms with Crippen molar-refractivity contribution in [2.75, 3.05) is 4.90 Å². The quantitative estimate of drug-likeness (QED) is 0.170. The number of rotatable bonds is 3. The maximum absolute atomic E-state index is 7.01. The van der Waals surface area contributed by atoms with Crippen LogP contribution in [0.4, 0.5) is 17.1 Å². The zero-order valence-corrected chi connectivity index (χ0v) is 30.3. The number of hydrogen-bond donors (Lipinski definition) is 0. The summed E-state index contributed by atoms with van der Waals surface area (Å²) in [6.07, 6.45) is 0. The van der Waals surface area contributed by atoms with Crippen LogP contribution >= 0.6 is 0 Å². The molecule has 2 aromatic heterocycles. The third kappa shape index (κ3) is 4.02. The minimum absolute atomic E-state index is 0.104. The summed E-state index contributed by atoms with van der Waals surface area (Å²) in [7, 11) is 0. The van der Waals surface area contributed by atoms with Crippen molar-refractivity contribution in [2.45, 2.75) is 0 Å². The zero-order valence-electron chi connectivity index (χ0n) is 30.3. The normalized spacial score (nSPS) is 12.9. The number of anilines is 3. The van der Waals surface area contributed by atoms with Crippen molar-refractivity contribution in [3.8, 4) is 33.4 Å². The first-order valence-corrected chi connectivity index (χ1v) is 19.4. The van der Waals surface area contributed by atoms with Gasteiger partial charge in [0.05, 0.1) is 5.69 Å². The minimum atomic E-state index is -0.104. The molecular formula is C52H31BN2O. The molecule has 56 heavy (non-hydrogen) atoms.